The fourth-order valence-corrected chi connectivity index (χ4v) is 12.6. The fraction of sp³-hybridized carbons (Fsp3) is 0.0159. The van der Waals surface area contributed by atoms with E-state index in [1.165, 1.54) is 86.6 Å². The quantitative estimate of drug-likeness (QED) is 0.172. The topological polar surface area (TPSA) is 25.8 Å². The van der Waals surface area contributed by atoms with Crippen molar-refractivity contribution in [2.75, 3.05) is 0 Å². The summed E-state index contributed by atoms with van der Waals surface area (Å²) in [6.45, 7) is 0. The lowest BCUT2D eigenvalue weighted by atomic mass is 9.69. The van der Waals surface area contributed by atoms with Crippen molar-refractivity contribution in [3.05, 3.63) is 253 Å². The summed E-state index contributed by atoms with van der Waals surface area (Å²) >= 11 is 1.87. The van der Waals surface area contributed by atoms with E-state index in [9.17, 15) is 0 Å². The molecule has 12 aromatic rings. The maximum atomic E-state index is 5.56. The minimum Gasteiger partial charge on any atom is -0.228 e. The van der Waals surface area contributed by atoms with Crippen LogP contribution in [0.4, 0.5) is 0 Å². The second-order valence-electron chi connectivity index (χ2n) is 17.5. The Morgan fingerprint density at radius 3 is 1.59 bits per heavy atom. The zero-order chi connectivity index (χ0) is 43.3. The summed E-state index contributed by atoms with van der Waals surface area (Å²) in [6.07, 6.45) is 0. The molecule has 66 heavy (non-hydrogen) atoms. The Bertz CT molecular complexity index is 3890. The average molecular weight is 855 g/mol. The van der Waals surface area contributed by atoms with E-state index in [0.717, 1.165) is 39.2 Å². The molecule has 0 saturated heterocycles. The molecule has 2 heterocycles. The second kappa shape index (κ2) is 14.4. The van der Waals surface area contributed by atoms with Gasteiger partial charge in [-0.2, -0.15) is 0 Å². The average Bonchev–Trinajstić information content (AvgIpc) is 4.03. The summed E-state index contributed by atoms with van der Waals surface area (Å²) in [5.74, 6) is 0.696. The third-order valence-electron chi connectivity index (χ3n) is 14.1. The molecule has 0 amide bonds. The van der Waals surface area contributed by atoms with Gasteiger partial charge in [0.2, 0.25) is 0 Å². The largest absolute Gasteiger partial charge is 0.228 e. The second-order valence-corrected chi connectivity index (χ2v) is 18.6. The Balaban J connectivity index is 1.06. The normalized spacial score (nSPS) is 13.0. The number of aromatic nitrogens is 2. The van der Waals surface area contributed by atoms with E-state index in [2.05, 4.69) is 231 Å². The van der Waals surface area contributed by atoms with Crippen LogP contribution in [0.5, 0.6) is 0 Å². The van der Waals surface area contributed by atoms with Crippen molar-refractivity contribution in [1.82, 2.24) is 9.97 Å². The van der Waals surface area contributed by atoms with Gasteiger partial charge in [0.25, 0.3) is 0 Å². The molecule has 0 atom stereocenters. The first kappa shape index (κ1) is 37.2. The molecular weight excluding hydrogens is 817 g/mol. The molecule has 0 radical (unpaired) electrons. The molecular formula is C63H38N2S. The lowest BCUT2D eigenvalue weighted by Crippen LogP contribution is -2.26. The number of hydrogen-bond donors (Lipinski definition) is 0. The van der Waals surface area contributed by atoms with Crippen molar-refractivity contribution in [2.24, 2.45) is 0 Å². The van der Waals surface area contributed by atoms with Gasteiger partial charge in [0, 0.05) is 36.9 Å². The first-order chi connectivity index (χ1) is 32.7. The van der Waals surface area contributed by atoms with E-state index in [1.54, 1.807) is 0 Å². The minimum atomic E-state index is -0.530. The lowest BCUT2D eigenvalue weighted by Gasteiger charge is -2.32. The predicted molar refractivity (Wildman–Crippen MR) is 276 cm³/mol. The van der Waals surface area contributed by atoms with Crippen LogP contribution < -0.4 is 0 Å². The molecule has 2 nitrogen and oxygen atoms in total. The Hall–Kier alpha value is -8.24. The van der Waals surface area contributed by atoms with E-state index in [4.69, 9.17) is 9.97 Å². The summed E-state index contributed by atoms with van der Waals surface area (Å²) in [5, 5.41) is 5.01. The van der Waals surface area contributed by atoms with Gasteiger partial charge in [0.1, 0.15) is 0 Å². The highest BCUT2D eigenvalue weighted by Crippen LogP contribution is 2.64. The van der Waals surface area contributed by atoms with Crippen LogP contribution in [0.15, 0.2) is 231 Å². The lowest BCUT2D eigenvalue weighted by molar-refractivity contribution is 0.795. The van der Waals surface area contributed by atoms with Crippen LogP contribution >= 0.6 is 11.3 Å². The van der Waals surface area contributed by atoms with E-state index < -0.39 is 5.41 Å². The zero-order valence-electron chi connectivity index (χ0n) is 35.7. The van der Waals surface area contributed by atoms with E-state index >= 15 is 0 Å². The molecule has 2 aromatic heterocycles. The SMILES string of the molecule is c1ccc(-c2nc(-c3cc(-c4cccc5ccccc45)cc(-c4cccc5c4sc4ccccc45)c3)cc(-c3cccc4c3C3(c5ccccc5-c5ccccc53)c3ccccc3-4)n2)cc1. The van der Waals surface area contributed by atoms with Gasteiger partial charge in [-0.3, -0.25) is 0 Å². The Morgan fingerprint density at radius 1 is 0.318 bits per heavy atom. The van der Waals surface area contributed by atoms with Gasteiger partial charge in [-0.15, -0.1) is 11.3 Å². The summed E-state index contributed by atoms with van der Waals surface area (Å²) in [4.78, 5) is 11.1. The molecule has 306 valence electrons. The number of thiophene rings is 1. The summed E-state index contributed by atoms with van der Waals surface area (Å²) in [5.41, 5.74) is 19.4. The fourth-order valence-electron chi connectivity index (χ4n) is 11.4. The van der Waals surface area contributed by atoms with Crippen LogP contribution in [-0.4, -0.2) is 9.97 Å². The molecule has 2 aliphatic carbocycles. The van der Waals surface area contributed by atoms with Crippen LogP contribution in [0.3, 0.4) is 0 Å². The maximum absolute atomic E-state index is 5.56. The van der Waals surface area contributed by atoms with Crippen LogP contribution in [0.25, 0.3) is 109 Å². The molecule has 0 unspecified atom stereocenters. The number of nitrogens with zero attached hydrogens (tertiary/aromatic N) is 2. The van der Waals surface area contributed by atoms with Gasteiger partial charge in [0.05, 0.1) is 16.8 Å². The number of fused-ring (bicyclic) bond motifs is 14. The van der Waals surface area contributed by atoms with Gasteiger partial charge in [-0.1, -0.05) is 200 Å². The highest BCUT2D eigenvalue weighted by atomic mass is 32.1. The van der Waals surface area contributed by atoms with E-state index in [0.29, 0.717) is 5.82 Å². The molecule has 1 spiro atoms. The van der Waals surface area contributed by atoms with Crippen LogP contribution in [-0.2, 0) is 5.41 Å². The number of benzene rings is 10. The highest BCUT2D eigenvalue weighted by Gasteiger charge is 2.52. The molecule has 0 saturated carbocycles. The smallest absolute Gasteiger partial charge is 0.160 e. The van der Waals surface area contributed by atoms with Gasteiger partial charge in [-0.05, 0) is 108 Å². The number of rotatable bonds is 5. The van der Waals surface area contributed by atoms with Crippen molar-refractivity contribution < 1.29 is 0 Å². The van der Waals surface area contributed by atoms with Crippen molar-refractivity contribution in [2.45, 2.75) is 5.41 Å². The Kier molecular flexibility index (Phi) is 8.10. The molecule has 2 aliphatic rings. The molecule has 0 bridgehead atoms. The van der Waals surface area contributed by atoms with Gasteiger partial charge >= 0.3 is 0 Å². The van der Waals surface area contributed by atoms with Gasteiger partial charge < -0.3 is 0 Å². The molecule has 14 rings (SSSR count). The van der Waals surface area contributed by atoms with Crippen molar-refractivity contribution in [3.8, 4) is 78.4 Å². The molecule has 0 aliphatic heterocycles. The van der Waals surface area contributed by atoms with Crippen molar-refractivity contribution >= 4 is 42.3 Å². The maximum Gasteiger partial charge on any atom is 0.160 e. The summed E-state index contributed by atoms with van der Waals surface area (Å²) < 4.78 is 2.58. The Morgan fingerprint density at radius 2 is 0.818 bits per heavy atom. The highest BCUT2D eigenvalue weighted by molar-refractivity contribution is 7.26. The third-order valence-corrected chi connectivity index (χ3v) is 15.3. The van der Waals surface area contributed by atoms with E-state index in [1.807, 2.05) is 11.3 Å². The first-order valence-corrected chi connectivity index (χ1v) is 23.5. The molecule has 3 heteroatoms. The summed E-state index contributed by atoms with van der Waals surface area (Å²) in [7, 11) is 0. The summed E-state index contributed by atoms with van der Waals surface area (Å²) in [6, 6.07) is 84.5. The zero-order valence-corrected chi connectivity index (χ0v) is 36.6. The number of hydrogen-bond acceptors (Lipinski definition) is 3. The van der Waals surface area contributed by atoms with E-state index in [-0.39, 0.29) is 0 Å². The van der Waals surface area contributed by atoms with Gasteiger partial charge in [0.15, 0.2) is 5.82 Å². The Labute approximate surface area is 386 Å². The molecule has 10 aromatic carbocycles. The minimum absolute atomic E-state index is 0.530. The predicted octanol–water partition coefficient (Wildman–Crippen LogP) is 16.7. The van der Waals surface area contributed by atoms with Crippen molar-refractivity contribution in [3.63, 3.8) is 0 Å². The standard InChI is InChI=1S/C63H38N2S/c1-2-18-40(19-3-1)62-64-57(38-58(65-62)53-30-16-28-51-49-24-8-12-33-56(49)63(60(51)53)54-31-10-6-22-47(54)48-23-7-11-32-55(48)63)43-36-41(45-26-14-20-39-17-4-5-21-44(39)45)35-42(37-43)46-27-15-29-52-50-25-9-13-34-59(50)66-61(46)52/h1-38H. The first-order valence-electron chi connectivity index (χ1n) is 22.6. The monoisotopic (exact) mass is 854 g/mol. The van der Waals surface area contributed by atoms with Crippen LogP contribution in [0.1, 0.15) is 22.3 Å². The van der Waals surface area contributed by atoms with Crippen LogP contribution in [0.2, 0.25) is 0 Å². The van der Waals surface area contributed by atoms with Crippen molar-refractivity contribution in [1.29, 1.82) is 0 Å². The van der Waals surface area contributed by atoms with Gasteiger partial charge in [-0.25, -0.2) is 9.97 Å². The third kappa shape index (κ3) is 5.35. The van der Waals surface area contributed by atoms with Crippen LogP contribution in [0, 0.1) is 0 Å². The molecule has 0 N–H and O–H groups in total. The molecule has 0 fully saturated rings.